The summed E-state index contributed by atoms with van der Waals surface area (Å²) in [5.41, 5.74) is 2.54. The second-order valence-electron chi connectivity index (χ2n) is 4.72. The minimum Gasteiger partial charge on any atom is -0.496 e. The Hall–Kier alpha value is -1.00. The molecule has 100 valence electrons. The van der Waals surface area contributed by atoms with Crippen molar-refractivity contribution in [2.75, 3.05) is 7.11 Å². The lowest BCUT2D eigenvalue weighted by molar-refractivity contribution is 0.254. The number of halogens is 1. The van der Waals surface area contributed by atoms with Crippen LogP contribution in [-0.4, -0.2) is 13.2 Å². The topological polar surface area (TPSA) is 18.5 Å². The van der Waals surface area contributed by atoms with Crippen molar-refractivity contribution in [2.45, 2.75) is 24.3 Å². The van der Waals surface area contributed by atoms with E-state index in [0.29, 0.717) is 0 Å². The Morgan fingerprint density at radius 1 is 1.42 bits per heavy atom. The summed E-state index contributed by atoms with van der Waals surface area (Å²) in [4.78, 5) is 1.37. The van der Waals surface area contributed by atoms with Gasteiger partial charge in [0.25, 0.3) is 0 Å². The Kier molecular flexibility index (Phi) is 3.54. The fourth-order valence-corrected chi connectivity index (χ4v) is 4.11. The normalized spacial score (nSPS) is 18.8. The number of fused-ring (bicyclic) bond motifs is 1. The molecular weight excluding hydrogens is 324 g/mol. The molecule has 2 nitrogen and oxygen atoms in total. The fraction of sp³-hybridized carbons (Fsp3) is 0.333. The van der Waals surface area contributed by atoms with Crippen LogP contribution in [0.2, 0.25) is 0 Å². The van der Waals surface area contributed by atoms with Gasteiger partial charge in [0.15, 0.2) is 0 Å². The maximum Gasteiger partial charge on any atom is 0.134 e. The molecule has 1 aliphatic rings. The van der Waals surface area contributed by atoms with Gasteiger partial charge >= 0.3 is 0 Å². The molecule has 1 aliphatic heterocycles. The molecule has 4 heteroatoms. The molecule has 0 bridgehead atoms. The molecule has 0 saturated heterocycles. The average Bonchev–Trinajstić information content (AvgIpc) is 3.01. The number of hydrogen-bond acceptors (Lipinski definition) is 3. The second-order valence-corrected chi connectivity index (χ2v) is 6.58. The monoisotopic (exact) mass is 338 g/mol. The molecule has 0 saturated carbocycles. The Labute approximate surface area is 125 Å². The van der Waals surface area contributed by atoms with Gasteiger partial charge in [-0.15, -0.1) is 11.3 Å². The SMILES string of the molecule is COc1ccsc1C(Br)c1ccc2c(c1)CC(C)O2. The molecule has 19 heavy (non-hydrogen) atoms. The Bertz CT molecular complexity index is 594. The summed E-state index contributed by atoms with van der Waals surface area (Å²) in [6, 6.07) is 8.43. The molecule has 0 amide bonds. The van der Waals surface area contributed by atoms with Crippen molar-refractivity contribution in [1.29, 1.82) is 0 Å². The Morgan fingerprint density at radius 3 is 3.05 bits per heavy atom. The van der Waals surface area contributed by atoms with Gasteiger partial charge < -0.3 is 9.47 Å². The van der Waals surface area contributed by atoms with Gasteiger partial charge in [0.2, 0.25) is 0 Å². The predicted octanol–water partition coefficient (Wildman–Crippen LogP) is 4.56. The zero-order valence-electron chi connectivity index (χ0n) is 10.9. The van der Waals surface area contributed by atoms with Crippen molar-refractivity contribution in [3.8, 4) is 11.5 Å². The van der Waals surface area contributed by atoms with E-state index in [0.717, 1.165) is 17.9 Å². The van der Waals surface area contributed by atoms with Crippen molar-refractivity contribution in [3.05, 3.63) is 45.6 Å². The second kappa shape index (κ2) is 5.17. The third kappa shape index (κ3) is 2.39. The van der Waals surface area contributed by atoms with Gasteiger partial charge in [0.1, 0.15) is 17.6 Å². The van der Waals surface area contributed by atoms with E-state index in [4.69, 9.17) is 9.47 Å². The predicted molar refractivity (Wildman–Crippen MR) is 81.9 cm³/mol. The third-order valence-corrected chi connectivity index (χ3v) is 5.57. The highest BCUT2D eigenvalue weighted by Crippen LogP contribution is 2.42. The quantitative estimate of drug-likeness (QED) is 0.763. The van der Waals surface area contributed by atoms with Crippen LogP contribution in [0.5, 0.6) is 11.5 Å². The van der Waals surface area contributed by atoms with E-state index in [1.165, 1.54) is 16.0 Å². The molecule has 0 fully saturated rings. The summed E-state index contributed by atoms with van der Waals surface area (Å²) >= 11 is 5.49. The van der Waals surface area contributed by atoms with Crippen molar-refractivity contribution < 1.29 is 9.47 Å². The van der Waals surface area contributed by atoms with Crippen LogP contribution >= 0.6 is 27.3 Å². The smallest absolute Gasteiger partial charge is 0.134 e. The standard InChI is InChI=1S/C15H15BrO2S/c1-9-7-11-8-10(3-4-12(11)18-9)14(16)15-13(17-2)5-6-19-15/h3-6,8-9,14H,7H2,1-2H3. The van der Waals surface area contributed by atoms with E-state index in [-0.39, 0.29) is 10.9 Å². The van der Waals surface area contributed by atoms with Crippen molar-refractivity contribution >= 4 is 27.3 Å². The van der Waals surface area contributed by atoms with Crippen LogP contribution in [0.1, 0.15) is 27.8 Å². The first-order chi connectivity index (χ1) is 9.19. The van der Waals surface area contributed by atoms with Gasteiger partial charge in [-0.05, 0) is 35.6 Å². The Morgan fingerprint density at radius 2 is 2.26 bits per heavy atom. The molecule has 3 rings (SSSR count). The first-order valence-corrected chi connectivity index (χ1v) is 8.03. The number of ether oxygens (including phenoxy) is 2. The van der Waals surface area contributed by atoms with Crippen molar-refractivity contribution in [1.82, 2.24) is 0 Å². The first-order valence-electron chi connectivity index (χ1n) is 6.24. The highest BCUT2D eigenvalue weighted by Gasteiger charge is 2.22. The third-order valence-electron chi connectivity index (χ3n) is 3.32. The lowest BCUT2D eigenvalue weighted by atomic mass is 10.0. The van der Waals surface area contributed by atoms with E-state index < -0.39 is 0 Å². The van der Waals surface area contributed by atoms with E-state index in [2.05, 4.69) is 46.4 Å². The minimum atomic E-state index is 0.170. The number of rotatable bonds is 3. The molecule has 0 radical (unpaired) electrons. The maximum atomic E-state index is 5.74. The van der Waals surface area contributed by atoms with Gasteiger partial charge in [-0.25, -0.2) is 0 Å². The number of hydrogen-bond donors (Lipinski definition) is 0. The lowest BCUT2D eigenvalue weighted by Crippen LogP contribution is -2.05. The highest BCUT2D eigenvalue weighted by molar-refractivity contribution is 9.09. The molecule has 2 heterocycles. The average molecular weight is 339 g/mol. The molecule has 2 atom stereocenters. The van der Waals surface area contributed by atoms with Crippen LogP contribution < -0.4 is 9.47 Å². The molecular formula is C15H15BrO2S. The first kappa shape index (κ1) is 13.0. The molecule has 2 unspecified atom stereocenters. The van der Waals surface area contributed by atoms with Crippen LogP contribution in [0, 0.1) is 0 Å². The van der Waals surface area contributed by atoms with E-state index in [1.807, 2.05) is 6.07 Å². The molecule has 0 aliphatic carbocycles. The minimum absolute atomic E-state index is 0.170. The van der Waals surface area contributed by atoms with Gasteiger partial charge in [-0.3, -0.25) is 0 Å². The summed E-state index contributed by atoms with van der Waals surface area (Å²) in [5, 5.41) is 2.06. The van der Waals surface area contributed by atoms with Crippen LogP contribution in [-0.2, 0) is 6.42 Å². The fourth-order valence-electron chi connectivity index (χ4n) is 2.41. The summed E-state index contributed by atoms with van der Waals surface area (Å²) in [6.45, 7) is 2.10. The van der Waals surface area contributed by atoms with E-state index in [9.17, 15) is 0 Å². The van der Waals surface area contributed by atoms with Crippen LogP contribution in [0.3, 0.4) is 0 Å². The van der Waals surface area contributed by atoms with Crippen molar-refractivity contribution in [2.24, 2.45) is 0 Å². The molecule has 2 aromatic rings. The molecule has 1 aromatic carbocycles. The number of benzene rings is 1. The van der Waals surface area contributed by atoms with Gasteiger partial charge in [0, 0.05) is 6.42 Å². The highest BCUT2D eigenvalue weighted by atomic mass is 79.9. The zero-order valence-corrected chi connectivity index (χ0v) is 13.3. The van der Waals surface area contributed by atoms with E-state index >= 15 is 0 Å². The van der Waals surface area contributed by atoms with Crippen LogP contribution in [0.4, 0.5) is 0 Å². The van der Waals surface area contributed by atoms with Gasteiger partial charge in [-0.2, -0.15) is 0 Å². The number of thiophene rings is 1. The summed E-state index contributed by atoms with van der Waals surface area (Å²) < 4.78 is 11.1. The van der Waals surface area contributed by atoms with Gasteiger partial charge in [0.05, 0.1) is 16.8 Å². The summed E-state index contributed by atoms with van der Waals surface area (Å²) in [7, 11) is 1.71. The van der Waals surface area contributed by atoms with Gasteiger partial charge in [-0.1, -0.05) is 28.1 Å². The number of alkyl halides is 1. The van der Waals surface area contributed by atoms with Crippen LogP contribution in [0.15, 0.2) is 29.6 Å². The maximum absolute atomic E-state index is 5.74. The van der Waals surface area contributed by atoms with E-state index in [1.54, 1.807) is 18.4 Å². The lowest BCUT2D eigenvalue weighted by Gasteiger charge is -2.11. The van der Waals surface area contributed by atoms with Crippen LogP contribution in [0.25, 0.3) is 0 Å². The zero-order chi connectivity index (χ0) is 13.4. The largest absolute Gasteiger partial charge is 0.496 e. The Balaban J connectivity index is 1.93. The molecule has 0 spiro atoms. The molecule has 0 N–H and O–H groups in total. The summed E-state index contributed by atoms with van der Waals surface area (Å²) in [5.74, 6) is 1.96. The molecule has 1 aromatic heterocycles. The number of methoxy groups -OCH3 is 1. The summed E-state index contributed by atoms with van der Waals surface area (Å²) in [6.07, 6.45) is 1.28. The van der Waals surface area contributed by atoms with Crippen molar-refractivity contribution in [3.63, 3.8) is 0 Å².